The van der Waals surface area contributed by atoms with E-state index in [1.807, 2.05) is 29.0 Å². The maximum atomic E-state index is 13.0. The van der Waals surface area contributed by atoms with E-state index in [0.29, 0.717) is 6.42 Å². The van der Waals surface area contributed by atoms with Gasteiger partial charge in [0.25, 0.3) is 0 Å². The second-order valence-corrected chi connectivity index (χ2v) is 5.38. The van der Waals surface area contributed by atoms with Crippen LogP contribution >= 0.6 is 0 Å². The first-order chi connectivity index (χ1) is 10.2. The molecule has 0 bridgehead atoms. The van der Waals surface area contributed by atoms with Gasteiger partial charge in [-0.3, -0.25) is 4.79 Å². The molecule has 21 heavy (non-hydrogen) atoms. The third-order valence-electron chi connectivity index (χ3n) is 4.53. The van der Waals surface area contributed by atoms with E-state index >= 15 is 0 Å². The molecule has 0 N–H and O–H groups in total. The Bertz CT molecular complexity index is 582. The number of rotatable bonds is 7. The summed E-state index contributed by atoms with van der Waals surface area (Å²) < 4.78 is 2.04. The summed E-state index contributed by atoms with van der Waals surface area (Å²) in [5.41, 5.74) is 0.723. The van der Waals surface area contributed by atoms with Crippen LogP contribution in [-0.4, -0.2) is 15.3 Å². The summed E-state index contributed by atoms with van der Waals surface area (Å²) in [7, 11) is 0. The van der Waals surface area contributed by atoms with Gasteiger partial charge in [0.15, 0.2) is 5.78 Å². The Kier molecular flexibility index (Phi) is 4.94. The third kappa shape index (κ3) is 2.92. The van der Waals surface area contributed by atoms with Crippen LogP contribution in [0, 0.1) is 0 Å². The zero-order valence-electron chi connectivity index (χ0n) is 13.2. The lowest BCUT2D eigenvalue weighted by atomic mass is 9.71. The van der Waals surface area contributed by atoms with E-state index in [2.05, 4.69) is 37.9 Å². The van der Waals surface area contributed by atoms with Gasteiger partial charge in [0, 0.05) is 18.9 Å². The van der Waals surface area contributed by atoms with Crippen molar-refractivity contribution >= 4 is 5.78 Å². The zero-order valence-corrected chi connectivity index (χ0v) is 13.2. The van der Waals surface area contributed by atoms with E-state index < -0.39 is 5.41 Å². The van der Waals surface area contributed by atoms with Crippen molar-refractivity contribution in [2.24, 2.45) is 0 Å². The average molecular weight is 284 g/mol. The summed E-state index contributed by atoms with van der Waals surface area (Å²) in [4.78, 5) is 17.4. The molecule has 2 aromatic rings. The molecular weight excluding hydrogens is 260 g/mol. The lowest BCUT2D eigenvalue weighted by molar-refractivity contribution is -0.124. The largest absolute Gasteiger partial charge is 0.335 e. The summed E-state index contributed by atoms with van der Waals surface area (Å²) in [6.07, 6.45) is 5.74. The molecule has 2 rings (SSSR count). The van der Waals surface area contributed by atoms with E-state index in [1.54, 1.807) is 6.20 Å². The van der Waals surface area contributed by atoms with Crippen molar-refractivity contribution in [2.75, 3.05) is 0 Å². The molecule has 3 heteroatoms. The van der Waals surface area contributed by atoms with Gasteiger partial charge in [0.1, 0.15) is 5.82 Å². The van der Waals surface area contributed by atoms with Gasteiger partial charge in [0.2, 0.25) is 0 Å². The summed E-state index contributed by atoms with van der Waals surface area (Å²) in [6, 6.07) is 10.1. The highest BCUT2D eigenvalue weighted by Crippen LogP contribution is 2.33. The van der Waals surface area contributed by atoms with Gasteiger partial charge in [-0.15, -0.1) is 0 Å². The number of imidazole rings is 1. The molecule has 1 aromatic heterocycles. The van der Waals surface area contributed by atoms with Crippen molar-refractivity contribution in [3.05, 3.63) is 54.1 Å². The lowest BCUT2D eigenvalue weighted by Gasteiger charge is -2.30. The summed E-state index contributed by atoms with van der Waals surface area (Å²) in [5.74, 6) is 1.13. The molecule has 1 heterocycles. The second-order valence-electron chi connectivity index (χ2n) is 5.38. The Balaban J connectivity index is 2.32. The molecule has 0 amide bonds. The second kappa shape index (κ2) is 6.70. The Morgan fingerprint density at radius 3 is 2.38 bits per heavy atom. The molecule has 0 aliphatic carbocycles. The predicted octanol–water partition coefficient (Wildman–Crippen LogP) is 3.77. The van der Waals surface area contributed by atoms with E-state index in [-0.39, 0.29) is 5.78 Å². The number of aromatic nitrogens is 2. The number of Topliss-reactive ketones (excluding diaryl/α,β-unsaturated/α-hetero) is 1. The zero-order chi connectivity index (χ0) is 15.3. The molecule has 1 aromatic carbocycles. The number of ketones is 1. The SMILES string of the molecule is CCn1ccnc1CC(=O)C(CC)(CC)c1ccccc1. The number of carbonyl (C=O) groups is 1. The van der Waals surface area contributed by atoms with Gasteiger partial charge in [-0.25, -0.2) is 4.98 Å². The van der Waals surface area contributed by atoms with Crippen LogP contribution in [0.25, 0.3) is 0 Å². The van der Waals surface area contributed by atoms with Crippen LogP contribution in [-0.2, 0) is 23.2 Å². The average Bonchev–Trinajstić information content (AvgIpc) is 2.97. The normalized spacial score (nSPS) is 11.6. The van der Waals surface area contributed by atoms with E-state index in [4.69, 9.17) is 0 Å². The number of nitrogens with zero attached hydrogens (tertiary/aromatic N) is 2. The van der Waals surface area contributed by atoms with Crippen molar-refractivity contribution in [1.29, 1.82) is 0 Å². The fourth-order valence-corrected chi connectivity index (χ4v) is 3.08. The lowest BCUT2D eigenvalue weighted by Crippen LogP contribution is -2.36. The van der Waals surface area contributed by atoms with Gasteiger partial charge < -0.3 is 4.57 Å². The van der Waals surface area contributed by atoms with Crippen LogP contribution in [0.4, 0.5) is 0 Å². The molecule has 0 radical (unpaired) electrons. The molecule has 0 atom stereocenters. The summed E-state index contributed by atoms with van der Waals surface area (Å²) >= 11 is 0. The standard InChI is InChI=1S/C18H24N2O/c1-4-18(5-2,15-10-8-7-9-11-15)16(21)14-17-19-12-13-20(17)6-3/h7-13H,4-6,14H2,1-3H3. The first-order valence-corrected chi connectivity index (χ1v) is 7.76. The fourth-order valence-electron chi connectivity index (χ4n) is 3.08. The van der Waals surface area contributed by atoms with Gasteiger partial charge in [-0.2, -0.15) is 0 Å². The number of aryl methyl sites for hydroxylation is 1. The smallest absolute Gasteiger partial charge is 0.150 e. The van der Waals surface area contributed by atoms with E-state index in [1.165, 1.54) is 0 Å². The van der Waals surface area contributed by atoms with Crippen LogP contribution in [0.5, 0.6) is 0 Å². The minimum Gasteiger partial charge on any atom is -0.335 e. The molecule has 0 spiro atoms. The molecular formula is C18H24N2O. The van der Waals surface area contributed by atoms with E-state index in [0.717, 1.165) is 30.8 Å². The molecule has 0 saturated heterocycles. The molecule has 3 nitrogen and oxygen atoms in total. The topological polar surface area (TPSA) is 34.9 Å². The molecule has 0 saturated carbocycles. The molecule has 112 valence electrons. The molecule has 0 unspecified atom stereocenters. The fraction of sp³-hybridized carbons (Fsp3) is 0.444. The highest BCUT2D eigenvalue weighted by atomic mass is 16.1. The van der Waals surface area contributed by atoms with E-state index in [9.17, 15) is 4.79 Å². The predicted molar refractivity (Wildman–Crippen MR) is 85.3 cm³/mol. The maximum absolute atomic E-state index is 13.0. The third-order valence-corrected chi connectivity index (χ3v) is 4.53. The Morgan fingerprint density at radius 1 is 1.14 bits per heavy atom. The maximum Gasteiger partial charge on any atom is 0.150 e. The Hall–Kier alpha value is -1.90. The van der Waals surface area contributed by atoms with Crippen LogP contribution in [0.1, 0.15) is 45.0 Å². The first kappa shape index (κ1) is 15.5. The van der Waals surface area contributed by atoms with Gasteiger partial charge in [-0.05, 0) is 25.3 Å². The van der Waals surface area contributed by atoms with Crippen LogP contribution < -0.4 is 0 Å². The quantitative estimate of drug-likeness (QED) is 0.775. The van der Waals surface area contributed by atoms with Crippen molar-refractivity contribution in [3.63, 3.8) is 0 Å². The summed E-state index contributed by atoms with van der Waals surface area (Å²) in [6.45, 7) is 7.11. The Morgan fingerprint density at radius 2 is 1.81 bits per heavy atom. The minimum absolute atomic E-state index is 0.264. The van der Waals surface area contributed by atoms with Crippen molar-refractivity contribution in [3.8, 4) is 0 Å². The summed E-state index contributed by atoms with van der Waals surface area (Å²) in [5, 5.41) is 0. The highest BCUT2D eigenvalue weighted by molar-refractivity contribution is 5.91. The molecule has 0 aliphatic rings. The monoisotopic (exact) mass is 284 g/mol. The van der Waals surface area contributed by atoms with Crippen molar-refractivity contribution in [2.45, 2.75) is 52.0 Å². The van der Waals surface area contributed by atoms with Gasteiger partial charge in [-0.1, -0.05) is 44.2 Å². The number of hydrogen-bond acceptors (Lipinski definition) is 2. The highest BCUT2D eigenvalue weighted by Gasteiger charge is 2.36. The van der Waals surface area contributed by atoms with Crippen molar-refractivity contribution in [1.82, 2.24) is 9.55 Å². The van der Waals surface area contributed by atoms with Crippen LogP contribution in [0.15, 0.2) is 42.7 Å². The van der Waals surface area contributed by atoms with Gasteiger partial charge >= 0.3 is 0 Å². The minimum atomic E-state index is -0.397. The molecule has 0 aliphatic heterocycles. The number of carbonyl (C=O) groups excluding carboxylic acids is 1. The van der Waals surface area contributed by atoms with Gasteiger partial charge in [0.05, 0.1) is 11.8 Å². The van der Waals surface area contributed by atoms with Crippen molar-refractivity contribution < 1.29 is 4.79 Å². The number of hydrogen-bond donors (Lipinski definition) is 0. The molecule has 0 fully saturated rings. The van der Waals surface area contributed by atoms with Crippen LogP contribution in [0.2, 0.25) is 0 Å². The first-order valence-electron chi connectivity index (χ1n) is 7.76. The van der Waals surface area contributed by atoms with Crippen LogP contribution in [0.3, 0.4) is 0 Å². The Labute approximate surface area is 127 Å². The number of benzene rings is 1.